The third-order valence-electron chi connectivity index (χ3n) is 7.72. The zero-order chi connectivity index (χ0) is 28.1. The molecule has 0 spiro atoms. The van der Waals surface area contributed by atoms with Crippen LogP contribution in [0, 0.1) is 0 Å². The first-order chi connectivity index (χ1) is 19.3. The topological polar surface area (TPSA) is 129 Å². The van der Waals surface area contributed by atoms with Crippen molar-refractivity contribution in [2.45, 2.75) is 43.5 Å². The van der Waals surface area contributed by atoms with Crippen molar-refractivity contribution in [2.75, 3.05) is 50.8 Å². The molecule has 0 radical (unpaired) electrons. The molecule has 3 aliphatic rings. The van der Waals surface area contributed by atoms with Gasteiger partial charge in [-0.2, -0.15) is 4.31 Å². The Morgan fingerprint density at radius 2 is 1.80 bits per heavy atom. The van der Waals surface area contributed by atoms with Crippen LogP contribution in [-0.2, 0) is 30.1 Å². The lowest BCUT2D eigenvalue weighted by Crippen LogP contribution is -2.43. The summed E-state index contributed by atoms with van der Waals surface area (Å²) in [5.41, 5.74) is 2.07. The Morgan fingerprint density at radius 1 is 1.02 bits per heavy atom. The lowest BCUT2D eigenvalue weighted by Gasteiger charge is -2.28. The van der Waals surface area contributed by atoms with Gasteiger partial charge in [-0.1, -0.05) is 6.07 Å². The van der Waals surface area contributed by atoms with Crippen LogP contribution in [0.1, 0.15) is 41.7 Å². The lowest BCUT2D eigenvalue weighted by atomic mass is 10.1. The first kappa shape index (κ1) is 28.2. The Morgan fingerprint density at radius 3 is 2.52 bits per heavy atom. The number of hydrogen-bond acceptors (Lipinski definition) is 8. The lowest BCUT2D eigenvalue weighted by molar-refractivity contribution is -0.136. The van der Waals surface area contributed by atoms with Gasteiger partial charge in [-0.3, -0.25) is 19.4 Å². The van der Waals surface area contributed by atoms with Crippen LogP contribution < -0.4 is 10.2 Å². The Bertz CT molecular complexity index is 1310. The number of nitrogens with one attached hydrogen (secondary N) is 1. The smallest absolute Gasteiger partial charge is 0.251 e. The van der Waals surface area contributed by atoms with E-state index in [0.717, 1.165) is 18.8 Å². The molecule has 2 amide bonds. The molecule has 214 valence electrons. The number of rotatable bonds is 10. The average molecular weight is 570 g/mol. The van der Waals surface area contributed by atoms with E-state index >= 15 is 0 Å². The van der Waals surface area contributed by atoms with Crippen molar-refractivity contribution in [3.8, 4) is 0 Å². The highest BCUT2D eigenvalue weighted by Crippen LogP contribution is 2.33. The summed E-state index contributed by atoms with van der Waals surface area (Å²) in [6, 6.07) is 11.3. The molecule has 1 N–H and O–H groups in total. The van der Waals surface area contributed by atoms with Crippen molar-refractivity contribution in [1.29, 1.82) is 0 Å². The molecule has 40 heavy (non-hydrogen) atoms. The molecule has 0 aliphatic carbocycles. The maximum atomic E-state index is 13.0. The minimum Gasteiger partial charge on any atom is -0.378 e. The predicted octanol–water partition coefficient (Wildman–Crippen LogP) is 1.20. The standard InChI is InChI=1S/C28H35N5O6S/c34-25-19-33(40(37,38)20-22-5-1-3-12-29-22)24-11-14-32(27(24)25)26(35)6-2-4-13-30-28(36)21-7-9-23(10-8-21)31-15-17-39-18-16-31/h1,3,5,7-10,12,24,27H,2,4,6,11,13-20H2,(H,30,36). The molecule has 2 aromatic rings. The van der Waals surface area contributed by atoms with Crippen LogP contribution in [0.3, 0.4) is 0 Å². The number of amides is 2. The first-order valence-electron chi connectivity index (χ1n) is 13.8. The quantitative estimate of drug-likeness (QED) is 0.423. The van der Waals surface area contributed by atoms with E-state index in [1.54, 1.807) is 18.2 Å². The minimum atomic E-state index is -3.75. The number of aromatic nitrogens is 1. The number of benzene rings is 1. The molecule has 0 bridgehead atoms. The number of ether oxygens (including phenoxy) is 1. The fourth-order valence-electron chi connectivity index (χ4n) is 5.66. The molecular weight excluding hydrogens is 534 g/mol. The molecule has 1 aromatic carbocycles. The third-order valence-corrected chi connectivity index (χ3v) is 9.50. The number of pyridine rings is 1. The summed E-state index contributed by atoms with van der Waals surface area (Å²) in [6.07, 6.45) is 3.38. The Labute approximate surface area is 234 Å². The molecule has 0 saturated carbocycles. The van der Waals surface area contributed by atoms with Crippen LogP contribution >= 0.6 is 0 Å². The number of ketones is 1. The highest BCUT2D eigenvalue weighted by Gasteiger charge is 2.53. The summed E-state index contributed by atoms with van der Waals surface area (Å²) >= 11 is 0. The zero-order valence-electron chi connectivity index (χ0n) is 22.4. The van der Waals surface area contributed by atoms with Gasteiger partial charge in [-0.25, -0.2) is 8.42 Å². The normalized spacial score (nSPS) is 21.4. The van der Waals surface area contributed by atoms with Gasteiger partial charge < -0.3 is 19.9 Å². The number of likely N-dealkylation sites (tertiary alicyclic amines) is 1. The van der Waals surface area contributed by atoms with Gasteiger partial charge in [0.15, 0.2) is 5.78 Å². The number of carbonyl (C=O) groups excluding carboxylic acids is 3. The van der Waals surface area contributed by atoms with Gasteiger partial charge in [0.2, 0.25) is 15.9 Å². The van der Waals surface area contributed by atoms with Crippen LogP contribution in [0.4, 0.5) is 5.69 Å². The van der Waals surface area contributed by atoms with E-state index in [9.17, 15) is 22.8 Å². The molecule has 2 unspecified atom stereocenters. The largest absolute Gasteiger partial charge is 0.378 e. The van der Waals surface area contributed by atoms with Gasteiger partial charge in [-0.05, 0) is 55.7 Å². The van der Waals surface area contributed by atoms with Gasteiger partial charge >= 0.3 is 0 Å². The number of nitrogens with zero attached hydrogens (tertiary/aromatic N) is 4. The molecule has 3 aliphatic heterocycles. The van der Waals surface area contributed by atoms with E-state index in [-0.39, 0.29) is 36.3 Å². The molecule has 11 nitrogen and oxygen atoms in total. The average Bonchev–Trinajstić information content (AvgIpc) is 3.55. The fourth-order valence-corrected chi connectivity index (χ4v) is 7.33. The van der Waals surface area contributed by atoms with Crippen LogP contribution in [0.25, 0.3) is 0 Å². The predicted molar refractivity (Wildman–Crippen MR) is 148 cm³/mol. The minimum absolute atomic E-state index is 0.158. The molecule has 3 saturated heterocycles. The highest BCUT2D eigenvalue weighted by molar-refractivity contribution is 7.88. The van der Waals surface area contributed by atoms with E-state index in [1.165, 1.54) is 15.4 Å². The Kier molecular flexibility index (Phi) is 8.77. The Hall–Kier alpha value is -3.35. The van der Waals surface area contributed by atoms with Crippen molar-refractivity contribution in [1.82, 2.24) is 19.5 Å². The van der Waals surface area contributed by atoms with Crippen LogP contribution in [-0.4, -0.2) is 98.2 Å². The summed E-state index contributed by atoms with van der Waals surface area (Å²) in [4.78, 5) is 46.1. The number of fused-ring (bicyclic) bond motifs is 1. The van der Waals surface area contributed by atoms with Crippen LogP contribution in [0.2, 0.25) is 0 Å². The van der Waals surface area contributed by atoms with Gasteiger partial charge in [0, 0.05) is 50.0 Å². The number of carbonyl (C=O) groups is 3. The van der Waals surface area contributed by atoms with Crippen LogP contribution in [0.15, 0.2) is 48.7 Å². The molecule has 5 rings (SSSR count). The summed E-state index contributed by atoms with van der Waals surface area (Å²) < 4.78 is 32.7. The second-order valence-corrected chi connectivity index (χ2v) is 12.3. The van der Waals surface area contributed by atoms with Crippen molar-refractivity contribution >= 4 is 33.3 Å². The fraction of sp³-hybridized carbons (Fsp3) is 0.500. The molecular formula is C28H35N5O6S. The summed E-state index contributed by atoms with van der Waals surface area (Å²) in [7, 11) is -3.75. The number of Topliss-reactive ketones (excluding diaryl/α,β-unsaturated/α-hetero) is 1. The van der Waals surface area contributed by atoms with Gasteiger partial charge in [0.25, 0.3) is 5.91 Å². The van der Waals surface area contributed by atoms with Gasteiger partial charge in [0.1, 0.15) is 11.8 Å². The summed E-state index contributed by atoms with van der Waals surface area (Å²) in [5.74, 6) is -0.838. The molecule has 12 heteroatoms. The number of unbranched alkanes of at least 4 members (excludes halogenated alkanes) is 1. The van der Waals surface area contributed by atoms with Gasteiger partial charge in [-0.15, -0.1) is 0 Å². The maximum Gasteiger partial charge on any atom is 0.251 e. The number of sulfonamides is 1. The van der Waals surface area contributed by atoms with Crippen molar-refractivity contribution in [2.24, 2.45) is 0 Å². The summed E-state index contributed by atoms with van der Waals surface area (Å²) in [6.45, 7) is 3.64. The number of hydrogen-bond donors (Lipinski definition) is 1. The highest BCUT2D eigenvalue weighted by atomic mass is 32.2. The van der Waals surface area contributed by atoms with E-state index in [2.05, 4.69) is 15.2 Å². The first-order valence-corrected chi connectivity index (χ1v) is 15.4. The molecule has 1 aromatic heterocycles. The summed E-state index contributed by atoms with van der Waals surface area (Å²) in [5, 5.41) is 2.90. The van der Waals surface area contributed by atoms with Crippen LogP contribution in [0.5, 0.6) is 0 Å². The van der Waals surface area contributed by atoms with Gasteiger partial charge in [0.05, 0.1) is 31.5 Å². The monoisotopic (exact) mass is 569 g/mol. The third kappa shape index (κ3) is 6.34. The van der Waals surface area contributed by atoms with E-state index in [4.69, 9.17) is 4.74 Å². The van der Waals surface area contributed by atoms with Crippen molar-refractivity contribution in [3.05, 3.63) is 59.9 Å². The SMILES string of the molecule is O=C(NCCCCC(=O)N1CCC2C1C(=O)CN2S(=O)(=O)Cc1ccccn1)c1ccc(N2CCOCC2)cc1. The van der Waals surface area contributed by atoms with E-state index in [0.29, 0.717) is 56.8 Å². The second kappa shape index (κ2) is 12.4. The van der Waals surface area contributed by atoms with Crippen molar-refractivity contribution in [3.63, 3.8) is 0 Å². The maximum absolute atomic E-state index is 13.0. The van der Waals surface area contributed by atoms with E-state index < -0.39 is 22.1 Å². The number of anilines is 1. The molecule has 2 atom stereocenters. The second-order valence-electron chi connectivity index (χ2n) is 10.3. The molecule has 4 heterocycles. The number of morpholine rings is 1. The zero-order valence-corrected chi connectivity index (χ0v) is 23.2. The Balaban J connectivity index is 1.06. The molecule has 3 fully saturated rings. The van der Waals surface area contributed by atoms with Crippen molar-refractivity contribution < 1.29 is 27.5 Å². The van der Waals surface area contributed by atoms with E-state index in [1.807, 2.05) is 24.3 Å².